The van der Waals surface area contributed by atoms with Crippen molar-refractivity contribution in [1.29, 1.82) is 0 Å². The Morgan fingerprint density at radius 2 is 2.11 bits per heavy atom. The zero-order chi connectivity index (χ0) is 14.0. The molecular formula is C8H11F3N2O3S2. The van der Waals surface area contributed by atoms with E-state index in [1.54, 1.807) is 6.92 Å². The number of hydrogen-bond donors (Lipinski definition) is 1. The molecular weight excluding hydrogens is 293 g/mol. The SMILES string of the molecule is Cc1ncc(S(=O)(=O)N(CCO)CC(F)(F)F)s1. The van der Waals surface area contributed by atoms with E-state index in [0.717, 1.165) is 17.5 Å². The number of thiazole rings is 1. The number of aromatic nitrogens is 1. The topological polar surface area (TPSA) is 70.5 Å². The second kappa shape index (κ2) is 5.51. The molecule has 0 spiro atoms. The number of aliphatic hydroxyl groups excluding tert-OH is 1. The zero-order valence-electron chi connectivity index (χ0n) is 9.31. The van der Waals surface area contributed by atoms with Gasteiger partial charge in [0.05, 0.1) is 17.8 Å². The molecule has 104 valence electrons. The number of hydrogen-bond acceptors (Lipinski definition) is 5. The molecule has 5 nitrogen and oxygen atoms in total. The molecule has 1 N–H and O–H groups in total. The molecule has 1 aromatic rings. The summed E-state index contributed by atoms with van der Waals surface area (Å²) >= 11 is 0.785. The molecule has 1 heterocycles. The Hall–Kier alpha value is -0.710. The lowest BCUT2D eigenvalue weighted by Gasteiger charge is -2.21. The van der Waals surface area contributed by atoms with Gasteiger partial charge in [0.2, 0.25) is 0 Å². The highest BCUT2D eigenvalue weighted by atomic mass is 32.2. The minimum absolute atomic E-state index is 0.194. The van der Waals surface area contributed by atoms with Crippen LogP contribution in [-0.4, -0.2) is 48.7 Å². The van der Waals surface area contributed by atoms with Crippen LogP contribution in [0.15, 0.2) is 10.4 Å². The van der Waals surface area contributed by atoms with Crippen molar-refractivity contribution >= 4 is 21.4 Å². The van der Waals surface area contributed by atoms with Gasteiger partial charge in [0, 0.05) is 6.54 Å². The summed E-state index contributed by atoms with van der Waals surface area (Å²) in [6.07, 6.45) is -3.65. The van der Waals surface area contributed by atoms with E-state index in [1.807, 2.05) is 0 Å². The Bertz CT molecular complexity index is 498. The van der Waals surface area contributed by atoms with Crippen molar-refractivity contribution < 1.29 is 26.7 Å². The number of halogens is 3. The van der Waals surface area contributed by atoms with Gasteiger partial charge in [0.15, 0.2) is 4.21 Å². The van der Waals surface area contributed by atoms with Gasteiger partial charge in [-0.25, -0.2) is 13.4 Å². The summed E-state index contributed by atoms with van der Waals surface area (Å²) < 4.78 is 60.6. The van der Waals surface area contributed by atoms with Crippen LogP contribution in [0.25, 0.3) is 0 Å². The van der Waals surface area contributed by atoms with Gasteiger partial charge in [-0.15, -0.1) is 11.3 Å². The molecule has 1 rings (SSSR count). The van der Waals surface area contributed by atoms with Crippen LogP contribution in [0, 0.1) is 6.92 Å². The van der Waals surface area contributed by atoms with Gasteiger partial charge in [-0.3, -0.25) is 0 Å². The zero-order valence-corrected chi connectivity index (χ0v) is 10.9. The minimum atomic E-state index is -4.66. The Balaban J connectivity index is 3.04. The van der Waals surface area contributed by atoms with Crippen molar-refractivity contribution in [3.8, 4) is 0 Å². The molecule has 0 fully saturated rings. The Morgan fingerprint density at radius 1 is 1.50 bits per heavy atom. The van der Waals surface area contributed by atoms with Crippen molar-refractivity contribution in [2.75, 3.05) is 19.7 Å². The molecule has 0 radical (unpaired) electrons. The quantitative estimate of drug-likeness (QED) is 0.881. The number of sulfonamides is 1. The maximum atomic E-state index is 12.3. The van der Waals surface area contributed by atoms with Crippen molar-refractivity contribution in [2.45, 2.75) is 17.3 Å². The predicted molar refractivity (Wildman–Crippen MR) is 58.8 cm³/mol. The Labute approximate surface area is 106 Å². The summed E-state index contributed by atoms with van der Waals surface area (Å²) in [5.41, 5.74) is 0. The highest BCUT2D eigenvalue weighted by molar-refractivity contribution is 7.91. The largest absolute Gasteiger partial charge is 0.402 e. The fraction of sp³-hybridized carbons (Fsp3) is 0.625. The van der Waals surface area contributed by atoms with E-state index in [-0.39, 0.29) is 8.51 Å². The third kappa shape index (κ3) is 3.90. The van der Waals surface area contributed by atoms with E-state index in [2.05, 4.69) is 4.98 Å². The maximum absolute atomic E-state index is 12.3. The van der Waals surface area contributed by atoms with Crippen molar-refractivity contribution in [2.24, 2.45) is 0 Å². The molecule has 0 bridgehead atoms. The molecule has 0 saturated heterocycles. The summed E-state index contributed by atoms with van der Waals surface area (Å²) in [5.74, 6) is 0. The Morgan fingerprint density at radius 3 is 2.50 bits per heavy atom. The molecule has 0 aliphatic heterocycles. The standard InChI is InChI=1S/C8H11F3N2O3S2/c1-6-12-4-7(17-6)18(15,16)13(2-3-14)5-8(9,10)11/h4,14H,2-3,5H2,1H3. The van der Waals surface area contributed by atoms with E-state index in [0.29, 0.717) is 5.01 Å². The molecule has 0 aromatic carbocycles. The van der Waals surface area contributed by atoms with Crippen molar-refractivity contribution in [1.82, 2.24) is 9.29 Å². The van der Waals surface area contributed by atoms with Crippen LogP contribution in [0.3, 0.4) is 0 Å². The van der Waals surface area contributed by atoms with Gasteiger partial charge in [0.25, 0.3) is 10.0 Å². The van der Waals surface area contributed by atoms with E-state index in [4.69, 9.17) is 5.11 Å². The number of aliphatic hydroxyl groups is 1. The fourth-order valence-corrected chi connectivity index (χ4v) is 3.86. The third-order valence-electron chi connectivity index (χ3n) is 1.90. The van der Waals surface area contributed by atoms with Gasteiger partial charge in [-0.2, -0.15) is 17.5 Å². The van der Waals surface area contributed by atoms with E-state index < -0.39 is 35.9 Å². The minimum Gasteiger partial charge on any atom is -0.395 e. The van der Waals surface area contributed by atoms with Gasteiger partial charge in [-0.05, 0) is 6.92 Å². The first-order chi connectivity index (χ1) is 8.16. The highest BCUT2D eigenvalue weighted by Gasteiger charge is 2.37. The first kappa shape index (κ1) is 15.3. The van der Waals surface area contributed by atoms with Crippen molar-refractivity contribution in [3.63, 3.8) is 0 Å². The van der Waals surface area contributed by atoms with Gasteiger partial charge >= 0.3 is 6.18 Å². The lowest BCUT2D eigenvalue weighted by molar-refractivity contribution is -0.136. The molecule has 0 amide bonds. The van der Waals surface area contributed by atoms with E-state index in [1.165, 1.54) is 0 Å². The molecule has 0 aliphatic rings. The molecule has 10 heteroatoms. The summed E-state index contributed by atoms with van der Waals surface area (Å²) in [5, 5.41) is 9.10. The molecule has 18 heavy (non-hydrogen) atoms. The highest BCUT2D eigenvalue weighted by Crippen LogP contribution is 2.25. The summed E-state index contributed by atoms with van der Waals surface area (Å²) in [7, 11) is -4.27. The summed E-state index contributed by atoms with van der Waals surface area (Å²) in [6, 6.07) is 0. The fourth-order valence-electron chi connectivity index (χ4n) is 1.18. The van der Waals surface area contributed by atoms with Crippen LogP contribution >= 0.6 is 11.3 Å². The molecule has 0 aliphatic carbocycles. The first-order valence-corrected chi connectivity index (χ1v) is 7.02. The smallest absolute Gasteiger partial charge is 0.395 e. The van der Waals surface area contributed by atoms with E-state index in [9.17, 15) is 21.6 Å². The second-order valence-corrected chi connectivity index (χ2v) is 6.78. The summed E-state index contributed by atoms with van der Waals surface area (Å²) in [6.45, 7) is -1.39. The third-order valence-corrected chi connectivity index (χ3v) is 5.09. The summed E-state index contributed by atoms with van der Waals surface area (Å²) in [4.78, 5) is 3.69. The lowest BCUT2D eigenvalue weighted by atomic mass is 10.6. The lowest BCUT2D eigenvalue weighted by Crippen LogP contribution is -2.40. The monoisotopic (exact) mass is 304 g/mol. The Kier molecular flexibility index (Phi) is 4.70. The van der Waals surface area contributed by atoms with Crippen LogP contribution in [0.1, 0.15) is 5.01 Å². The van der Waals surface area contributed by atoms with Crippen LogP contribution in [0.2, 0.25) is 0 Å². The van der Waals surface area contributed by atoms with Crippen LogP contribution in [0.5, 0.6) is 0 Å². The van der Waals surface area contributed by atoms with Crippen LogP contribution in [-0.2, 0) is 10.0 Å². The normalized spacial score (nSPS) is 13.2. The van der Waals surface area contributed by atoms with Gasteiger partial charge in [-0.1, -0.05) is 0 Å². The van der Waals surface area contributed by atoms with Crippen molar-refractivity contribution in [3.05, 3.63) is 11.2 Å². The number of aryl methyl sites for hydroxylation is 1. The van der Waals surface area contributed by atoms with Crippen LogP contribution < -0.4 is 0 Å². The first-order valence-electron chi connectivity index (χ1n) is 4.77. The maximum Gasteiger partial charge on any atom is 0.402 e. The molecule has 0 atom stereocenters. The molecule has 0 saturated carbocycles. The van der Waals surface area contributed by atoms with Gasteiger partial charge in [0.1, 0.15) is 6.54 Å². The average Bonchev–Trinajstić information content (AvgIpc) is 2.63. The molecule has 1 aromatic heterocycles. The molecule has 0 unspecified atom stereocenters. The van der Waals surface area contributed by atoms with Gasteiger partial charge < -0.3 is 5.11 Å². The predicted octanol–water partition coefficient (Wildman–Crippen LogP) is 0.997. The second-order valence-electron chi connectivity index (χ2n) is 3.38. The van der Waals surface area contributed by atoms with E-state index >= 15 is 0 Å². The number of rotatable bonds is 5. The number of nitrogens with zero attached hydrogens (tertiary/aromatic N) is 2. The van der Waals surface area contributed by atoms with Crippen LogP contribution in [0.4, 0.5) is 13.2 Å². The average molecular weight is 304 g/mol. The number of alkyl halides is 3.